The highest BCUT2D eigenvalue weighted by molar-refractivity contribution is 5.74. The van der Waals surface area contributed by atoms with E-state index >= 15 is 0 Å². The molecular weight excluding hydrogens is 218 g/mol. The predicted octanol–water partition coefficient (Wildman–Crippen LogP) is 0.787. The van der Waals surface area contributed by atoms with Crippen LogP contribution in [0.2, 0.25) is 0 Å². The van der Waals surface area contributed by atoms with Crippen LogP contribution in [0.4, 0.5) is 4.79 Å². The van der Waals surface area contributed by atoms with Gasteiger partial charge in [0.1, 0.15) is 0 Å². The van der Waals surface area contributed by atoms with E-state index in [2.05, 4.69) is 36.4 Å². The molecule has 0 aliphatic rings. The molecule has 0 radical (unpaired) electrons. The number of amides is 2. The molecule has 0 saturated carbocycles. The summed E-state index contributed by atoms with van der Waals surface area (Å²) in [4.78, 5) is 13.6. The van der Waals surface area contributed by atoms with E-state index in [4.69, 9.17) is 5.11 Å². The second-order valence-corrected chi connectivity index (χ2v) is 4.55. The number of carbonyl (C=O) groups excluding carboxylic acids is 1. The van der Waals surface area contributed by atoms with Crippen LogP contribution >= 0.6 is 0 Å². The molecule has 0 aromatic rings. The topological polar surface area (TPSA) is 64.6 Å². The molecule has 0 heterocycles. The molecule has 0 aromatic heterocycles. The van der Waals surface area contributed by atoms with E-state index < -0.39 is 0 Å². The maximum Gasteiger partial charge on any atom is 0.315 e. The zero-order valence-electron chi connectivity index (χ0n) is 11.5. The van der Waals surface area contributed by atoms with Gasteiger partial charge in [0.15, 0.2) is 0 Å². The Hall–Kier alpha value is -0.810. The summed E-state index contributed by atoms with van der Waals surface area (Å²) in [6, 6.07) is 0.379. The molecule has 0 saturated heterocycles. The minimum atomic E-state index is -0.163. The number of hydrogen-bond donors (Lipinski definition) is 3. The van der Waals surface area contributed by atoms with Crippen molar-refractivity contribution in [3.05, 3.63) is 0 Å². The minimum absolute atomic E-state index is 0.00675. The van der Waals surface area contributed by atoms with E-state index in [1.54, 1.807) is 0 Å². The van der Waals surface area contributed by atoms with Gasteiger partial charge in [0.25, 0.3) is 0 Å². The summed E-state index contributed by atoms with van der Waals surface area (Å²) in [7, 11) is 2.06. The third-order valence-electron chi connectivity index (χ3n) is 3.03. The fourth-order valence-electron chi connectivity index (χ4n) is 1.42. The van der Waals surface area contributed by atoms with Crippen LogP contribution in [0.3, 0.4) is 0 Å². The number of urea groups is 1. The molecule has 102 valence electrons. The summed E-state index contributed by atoms with van der Waals surface area (Å²) in [6.45, 7) is 7.77. The molecule has 3 N–H and O–H groups in total. The molecule has 0 aliphatic heterocycles. The number of likely N-dealkylation sites (N-methyl/N-ethyl adjacent to an activating group) is 1. The van der Waals surface area contributed by atoms with Gasteiger partial charge in [-0.05, 0) is 33.7 Å². The summed E-state index contributed by atoms with van der Waals surface area (Å²) >= 11 is 0. The van der Waals surface area contributed by atoms with Crippen LogP contribution in [-0.2, 0) is 0 Å². The van der Waals surface area contributed by atoms with Crippen molar-refractivity contribution in [3.63, 3.8) is 0 Å². The zero-order valence-corrected chi connectivity index (χ0v) is 11.5. The summed E-state index contributed by atoms with van der Waals surface area (Å²) < 4.78 is 0. The highest BCUT2D eigenvalue weighted by Crippen LogP contribution is 1.98. The average molecular weight is 245 g/mol. The Labute approximate surface area is 105 Å². The average Bonchev–Trinajstić information content (AvgIpc) is 2.27. The molecular formula is C12H27N3O2. The summed E-state index contributed by atoms with van der Waals surface area (Å²) in [6.07, 6.45) is 1.69. The number of carbonyl (C=O) groups is 1. The summed E-state index contributed by atoms with van der Waals surface area (Å²) in [5.41, 5.74) is 0. The lowest BCUT2D eigenvalue weighted by Crippen LogP contribution is -2.44. The molecule has 2 amide bonds. The molecule has 2 atom stereocenters. The van der Waals surface area contributed by atoms with Gasteiger partial charge < -0.3 is 20.6 Å². The summed E-state index contributed by atoms with van der Waals surface area (Å²) in [5.74, 6) is 0. The lowest BCUT2D eigenvalue weighted by molar-refractivity contribution is 0.223. The second-order valence-electron chi connectivity index (χ2n) is 4.55. The molecule has 0 spiro atoms. The van der Waals surface area contributed by atoms with Gasteiger partial charge in [0.2, 0.25) is 0 Å². The summed E-state index contributed by atoms with van der Waals surface area (Å²) in [5, 5.41) is 14.3. The van der Waals surface area contributed by atoms with E-state index in [0.717, 1.165) is 13.0 Å². The largest absolute Gasteiger partial charge is 0.396 e. The lowest BCUT2D eigenvalue weighted by Gasteiger charge is -2.23. The maximum atomic E-state index is 11.4. The predicted molar refractivity (Wildman–Crippen MR) is 70.1 cm³/mol. The number of hydrogen-bond acceptors (Lipinski definition) is 3. The third kappa shape index (κ3) is 7.99. The fourth-order valence-corrected chi connectivity index (χ4v) is 1.42. The lowest BCUT2D eigenvalue weighted by atomic mass is 10.2. The molecule has 0 rings (SSSR count). The first-order chi connectivity index (χ1) is 8.01. The quantitative estimate of drug-likeness (QED) is 0.592. The van der Waals surface area contributed by atoms with E-state index in [-0.39, 0.29) is 18.7 Å². The first-order valence-corrected chi connectivity index (χ1v) is 6.36. The van der Waals surface area contributed by atoms with Crippen molar-refractivity contribution in [2.75, 3.05) is 26.7 Å². The van der Waals surface area contributed by atoms with Crippen molar-refractivity contribution in [2.45, 2.75) is 45.7 Å². The Morgan fingerprint density at radius 3 is 2.59 bits per heavy atom. The number of rotatable bonds is 8. The molecule has 5 nitrogen and oxygen atoms in total. The smallest absolute Gasteiger partial charge is 0.315 e. The van der Waals surface area contributed by atoms with Gasteiger partial charge in [-0.2, -0.15) is 0 Å². The van der Waals surface area contributed by atoms with Crippen LogP contribution in [-0.4, -0.2) is 54.9 Å². The van der Waals surface area contributed by atoms with E-state index in [1.807, 2.05) is 6.92 Å². The molecule has 0 bridgehead atoms. The van der Waals surface area contributed by atoms with Gasteiger partial charge in [-0.15, -0.1) is 0 Å². The molecule has 1 unspecified atom stereocenters. The van der Waals surface area contributed by atoms with Crippen molar-refractivity contribution in [3.8, 4) is 0 Å². The van der Waals surface area contributed by atoms with Crippen molar-refractivity contribution >= 4 is 6.03 Å². The van der Waals surface area contributed by atoms with Crippen molar-refractivity contribution in [1.29, 1.82) is 0 Å². The highest BCUT2D eigenvalue weighted by Gasteiger charge is 2.08. The van der Waals surface area contributed by atoms with E-state index in [1.165, 1.54) is 0 Å². The van der Waals surface area contributed by atoms with Crippen LogP contribution in [0, 0.1) is 0 Å². The Morgan fingerprint density at radius 1 is 1.41 bits per heavy atom. The van der Waals surface area contributed by atoms with Crippen molar-refractivity contribution in [1.82, 2.24) is 15.5 Å². The Balaban J connectivity index is 3.64. The van der Waals surface area contributed by atoms with Crippen LogP contribution in [0.25, 0.3) is 0 Å². The molecule has 0 aromatic carbocycles. The first kappa shape index (κ1) is 16.2. The first-order valence-electron chi connectivity index (χ1n) is 6.36. The Kier molecular flexibility index (Phi) is 8.80. The van der Waals surface area contributed by atoms with Gasteiger partial charge in [-0.25, -0.2) is 4.79 Å². The van der Waals surface area contributed by atoms with Gasteiger partial charge in [0, 0.05) is 31.8 Å². The van der Waals surface area contributed by atoms with Gasteiger partial charge in [-0.3, -0.25) is 0 Å². The molecule has 0 fully saturated rings. The zero-order chi connectivity index (χ0) is 13.3. The van der Waals surface area contributed by atoms with E-state index in [9.17, 15) is 4.79 Å². The van der Waals surface area contributed by atoms with Crippen molar-refractivity contribution in [2.24, 2.45) is 0 Å². The van der Waals surface area contributed by atoms with Gasteiger partial charge in [-0.1, -0.05) is 6.92 Å². The van der Waals surface area contributed by atoms with E-state index in [0.29, 0.717) is 19.0 Å². The van der Waals surface area contributed by atoms with Gasteiger partial charge in [0.05, 0.1) is 0 Å². The van der Waals surface area contributed by atoms with Crippen LogP contribution in [0.5, 0.6) is 0 Å². The molecule has 17 heavy (non-hydrogen) atoms. The highest BCUT2D eigenvalue weighted by atomic mass is 16.3. The molecule has 5 heteroatoms. The number of nitrogens with one attached hydrogen (secondary N) is 2. The Morgan fingerprint density at radius 2 is 2.06 bits per heavy atom. The van der Waals surface area contributed by atoms with Crippen LogP contribution < -0.4 is 10.6 Å². The second kappa shape index (κ2) is 9.24. The number of nitrogens with zero attached hydrogens (tertiary/aromatic N) is 1. The Bertz CT molecular complexity index is 212. The standard InChI is InChI=1S/C12H27N3O2/c1-5-11(3)15(4)8-7-13-12(17)14-10(2)6-9-16/h10-11,16H,5-9H2,1-4H3,(H2,13,14,17)/t10-,11?/m1/s1. The van der Waals surface area contributed by atoms with Crippen molar-refractivity contribution < 1.29 is 9.90 Å². The number of aliphatic hydroxyl groups excluding tert-OH is 1. The maximum absolute atomic E-state index is 11.4. The fraction of sp³-hybridized carbons (Fsp3) is 0.917. The monoisotopic (exact) mass is 245 g/mol. The van der Waals surface area contributed by atoms with Gasteiger partial charge >= 0.3 is 6.03 Å². The normalized spacial score (nSPS) is 14.5. The number of aliphatic hydroxyl groups is 1. The minimum Gasteiger partial charge on any atom is -0.396 e. The van der Waals surface area contributed by atoms with Crippen LogP contribution in [0.1, 0.15) is 33.6 Å². The third-order valence-corrected chi connectivity index (χ3v) is 3.03. The SMILES string of the molecule is CCC(C)N(C)CCNC(=O)N[C@H](C)CCO. The molecule has 0 aliphatic carbocycles. The van der Waals surface area contributed by atoms with Crippen LogP contribution in [0.15, 0.2) is 0 Å².